The van der Waals surface area contributed by atoms with E-state index in [0.717, 1.165) is 45.3 Å². The van der Waals surface area contributed by atoms with Crippen LogP contribution in [0.1, 0.15) is 128 Å². The normalized spacial score (nSPS) is 12.4. The largest absolute Gasteiger partial charge is 0.469 e. The van der Waals surface area contributed by atoms with Gasteiger partial charge in [0.2, 0.25) is 0 Å². The number of nitrogens with zero attached hydrogens (tertiary/aromatic N) is 1. The lowest BCUT2D eigenvalue weighted by molar-refractivity contribution is -0.140. The van der Waals surface area contributed by atoms with Crippen LogP contribution < -0.4 is 0 Å². The topological polar surface area (TPSA) is 79.2 Å². The predicted octanol–water partition coefficient (Wildman–Crippen LogP) is 6.22. The summed E-state index contributed by atoms with van der Waals surface area (Å²) in [6.45, 7) is 3.31. The molecule has 34 heavy (non-hydrogen) atoms. The van der Waals surface area contributed by atoms with Crippen LogP contribution in [0.4, 0.5) is 0 Å². The summed E-state index contributed by atoms with van der Waals surface area (Å²) in [5, 5.41) is 18.7. The van der Waals surface area contributed by atoms with Gasteiger partial charge in [-0.2, -0.15) is 0 Å². The van der Waals surface area contributed by atoms with Crippen LogP contribution in [-0.2, 0) is 14.3 Å². The van der Waals surface area contributed by atoms with Crippen molar-refractivity contribution in [1.82, 2.24) is 4.90 Å². The Morgan fingerprint density at radius 3 is 1.47 bits per heavy atom. The Morgan fingerprint density at radius 1 is 0.647 bits per heavy atom. The van der Waals surface area contributed by atoms with Gasteiger partial charge in [-0.25, -0.2) is 0 Å². The second-order valence-electron chi connectivity index (χ2n) is 9.73. The smallest absolute Gasteiger partial charge is 0.305 e. The third-order valence-corrected chi connectivity index (χ3v) is 6.70. The molecule has 6 heteroatoms. The average Bonchev–Trinajstić information content (AvgIpc) is 2.85. The van der Waals surface area contributed by atoms with E-state index in [1.54, 1.807) is 7.11 Å². The Bertz CT molecular complexity index is 422. The number of hydrogen-bond acceptors (Lipinski definition) is 6. The minimum atomic E-state index is -0.586. The molecule has 0 saturated heterocycles. The van der Waals surface area contributed by atoms with Crippen LogP contribution in [0.3, 0.4) is 0 Å². The Labute approximate surface area is 210 Å². The molecule has 0 aromatic rings. The van der Waals surface area contributed by atoms with E-state index in [9.17, 15) is 15.0 Å². The van der Waals surface area contributed by atoms with Gasteiger partial charge in [-0.3, -0.25) is 4.79 Å². The minimum Gasteiger partial charge on any atom is -0.469 e. The zero-order valence-corrected chi connectivity index (χ0v) is 22.6. The molecular formula is C28H57NO5. The van der Waals surface area contributed by atoms with E-state index in [-0.39, 0.29) is 12.6 Å². The monoisotopic (exact) mass is 487 g/mol. The van der Waals surface area contributed by atoms with Crippen LogP contribution in [-0.4, -0.2) is 67.8 Å². The number of methoxy groups -OCH3 is 2. The van der Waals surface area contributed by atoms with Gasteiger partial charge in [0, 0.05) is 20.1 Å². The summed E-state index contributed by atoms with van der Waals surface area (Å²) in [5.41, 5.74) is 0. The number of carbonyl (C=O) groups excluding carboxylic acids is 1. The van der Waals surface area contributed by atoms with E-state index < -0.39 is 6.29 Å². The van der Waals surface area contributed by atoms with Gasteiger partial charge in [-0.05, 0) is 45.2 Å². The third-order valence-electron chi connectivity index (χ3n) is 6.70. The first kappa shape index (κ1) is 33.3. The molecule has 0 aromatic carbocycles. The van der Waals surface area contributed by atoms with Gasteiger partial charge in [0.1, 0.15) is 0 Å². The molecule has 0 fully saturated rings. The van der Waals surface area contributed by atoms with E-state index in [1.165, 1.54) is 103 Å². The fraction of sp³-hybridized carbons (Fsp3) is 0.964. The maximum atomic E-state index is 11.1. The van der Waals surface area contributed by atoms with Gasteiger partial charge in [-0.15, -0.1) is 0 Å². The number of esters is 1. The van der Waals surface area contributed by atoms with Crippen LogP contribution in [0, 0.1) is 0 Å². The van der Waals surface area contributed by atoms with Crippen LogP contribution in [0.15, 0.2) is 0 Å². The van der Waals surface area contributed by atoms with Crippen LogP contribution in [0.25, 0.3) is 0 Å². The number of unbranched alkanes of at least 4 members (excludes halogenated alkanes) is 16. The van der Waals surface area contributed by atoms with Crippen molar-refractivity contribution in [2.24, 2.45) is 0 Å². The summed E-state index contributed by atoms with van der Waals surface area (Å²) in [4.78, 5) is 13.5. The Morgan fingerprint density at radius 2 is 1.06 bits per heavy atom. The summed E-state index contributed by atoms with van der Waals surface area (Å²) in [7, 11) is 3.01. The van der Waals surface area contributed by atoms with Crippen molar-refractivity contribution in [3.8, 4) is 0 Å². The standard InChI is InChI=1S/C28H57NO5/c1-33-27(31)21-17-13-9-5-3-7-11-15-19-23-29(25-26-30)24-20-16-12-8-4-6-10-14-18-22-28(32)34-2/h27,30-31H,3-26H2,1-2H3. The number of aliphatic hydroxyl groups excluding tert-OH is 2. The number of ether oxygens (including phenoxy) is 2. The molecule has 0 spiro atoms. The lowest BCUT2D eigenvalue weighted by atomic mass is 10.1. The number of carbonyl (C=O) groups is 1. The molecule has 0 radical (unpaired) electrons. The molecule has 0 aliphatic rings. The first-order valence-electron chi connectivity index (χ1n) is 14.2. The SMILES string of the molecule is COC(=O)CCCCCCCCCCCN(CCO)CCCCCCCCCCCC(O)OC. The fourth-order valence-electron chi connectivity index (χ4n) is 4.43. The molecule has 1 unspecified atom stereocenters. The Kier molecular flexibility index (Phi) is 26.4. The van der Waals surface area contributed by atoms with Crippen molar-refractivity contribution in [3.63, 3.8) is 0 Å². The highest BCUT2D eigenvalue weighted by atomic mass is 16.6. The molecule has 0 heterocycles. The lowest BCUT2D eigenvalue weighted by Crippen LogP contribution is -2.29. The van der Waals surface area contributed by atoms with E-state index >= 15 is 0 Å². The van der Waals surface area contributed by atoms with Crippen molar-refractivity contribution >= 4 is 5.97 Å². The molecule has 204 valence electrons. The van der Waals surface area contributed by atoms with Crippen molar-refractivity contribution in [3.05, 3.63) is 0 Å². The van der Waals surface area contributed by atoms with Crippen molar-refractivity contribution < 1.29 is 24.5 Å². The minimum absolute atomic E-state index is 0.0887. The Balaban J connectivity index is 3.44. The quantitative estimate of drug-likeness (QED) is 0.0813. The summed E-state index contributed by atoms with van der Waals surface area (Å²) < 4.78 is 9.52. The molecule has 1 atom stereocenters. The van der Waals surface area contributed by atoms with Gasteiger partial charge in [0.15, 0.2) is 6.29 Å². The molecule has 0 aromatic heterocycles. The van der Waals surface area contributed by atoms with E-state index in [1.807, 2.05) is 0 Å². The lowest BCUT2D eigenvalue weighted by Gasteiger charge is -2.21. The molecule has 0 aliphatic heterocycles. The van der Waals surface area contributed by atoms with Crippen LogP contribution >= 0.6 is 0 Å². The van der Waals surface area contributed by atoms with Crippen LogP contribution in [0.5, 0.6) is 0 Å². The van der Waals surface area contributed by atoms with Crippen molar-refractivity contribution in [2.45, 2.75) is 135 Å². The Hall–Kier alpha value is -0.690. The summed E-state index contributed by atoms with van der Waals surface area (Å²) in [6.07, 6.45) is 23.1. The molecule has 6 nitrogen and oxygen atoms in total. The summed E-state index contributed by atoms with van der Waals surface area (Å²) >= 11 is 0. The van der Waals surface area contributed by atoms with Crippen molar-refractivity contribution in [2.75, 3.05) is 40.5 Å². The third kappa shape index (κ3) is 24.4. The highest BCUT2D eigenvalue weighted by Gasteiger charge is 2.04. The molecule has 0 aliphatic carbocycles. The van der Waals surface area contributed by atoms with Gasteiger partial charge in [0.05, 0.1) is 13.7 Å². The van der Waals surface area contributed by atoms with Crippen molar-refractivity contribution in [1.29, 1.82) is 0 Å². The van der Waals surface area contributed by atoms with E-state index in [0.29, 0.717) is 6.42 Å². The molecule has 0 bridgehead atoms. The van der Waals surface area contributed by atoms with Gasteiger partial charge >= 0.3 is 5.97 Å². The van der Waals surface area contributed by atoms with Gasteiger partial charge in [-0.1, -0.05) is 89.9 Å². The maximum absolute atomic E-state index is 11.1. The molecule has 2 N–H and O–H groups in total. The number of aliphatic hydroxyl groups is 2. The molecule has 0 amide bonds. The molecular weight excluding hydrogens is 430 g/mol. The second-order valence-corrected chi connectivity index (χ2v) is 9.73. The average molecular weight is 488 g/mol. The van der Waals surface area contributed by atoms with E-state index in [2.05, 4.69) is 9.64 Å². The van der Waals surface area contributed by atoms with E-state index in [4.69, 9.17) is 4.74 Å². The fourth-order valence-corrected chi connectivity index (χ4v) is 4.43. The maximum Gasteiger partial charge on any atom is 0.305 e. The highest BCUT2D eigenvalue weighted by molar-refractivity contribution is 5.68. The predicted molar refractivity (Wildman–Crippen MR) is 141 cm³/mol. The highest BCUT2D eigenvalue weighted by Crippen LogP contribution is 2.13. The summed E-state index contributed by atoms with van der Waals surface area (Å²) in [5.74, 6) is -0.0887. The number of hydrogen-bond donors (Lipinski definition) is 2. The first-order chi connectivity index (χ1) is 16.6. The number of rotatable bonds is 27. The van der Waals surface area contributed by atoms with Gasteiger partial charge in [0.25, 0.3) is 0 Å². The first-order valence-corrected chi connectivity index (χ1v) is 14.2. The zero-order valence-electron chi connectivity index (χ0n) is 22.6. The molecule has 0 saturated carbocycles. The van der Waals surface area contributed by atoms with Crippen LogP contribution in [0.2, 0.25) is 0 Å². The summed E-state index contributed by atoms with van der Waals surface area (Å²) in [6, 6.07) is 0. The van der Waals surface area contributed by atoms with Gasteiger partial charge < -0.3 is 24.6 Å². The second kappa shape index (κ2) is 26.9. The molecule has 0 rings (SSSR count). The zero-order chi connectivity index (χ0) is 25.1.